The maximum absolute atomic E-state index is 4.41. The Morgan fingerprint density at radius 2 is 1.79 bits per heavy atom. The normalized spacial score (nSPS) is 14.2. The van der Waals surface area contributed by atoms with Crippen LogP contribution >= 0.6 is 15.9 Å². The van der Waals surface area contributed by atoms with Crippen molar-refractivity contribution in [3.05, 3.63) is 40.6 Å². The number of rotatable bonds is 4. The van der Waals surface area contributed by atoms with Crippen LogP contribution in [0, 0.1) is 6.92 Å². The first kappa shape index (κ1) is 12.4. The first-order valence-electron chi connectivity index (χ1n) is 6.34. The lowest BCUT2D eigenvalue weighted by Gasteiger charge is -2.09. The molecule has 0 bridgehead atoms. The molecule has 0 saturated heterocycles. The fraction of sp³-hybridized carbons (Fsp3) is 0.286. The van der Waals surface area contributed by atoms with Gasteiger partial charge in [0, 0.05) is 22.3 Å². The van der Waals surface area contributed by atoms with Crippen LogP contribution in [0.4, 0.5) is 17.3 Å². The van der Waals surface area contributed by atoms with Crippen LogP contribution in [0.15, 0.2) is 34.8 Å². The van der Waals surface area contributed by atoms with Crippen LogP contribution in [0.2, 0.25) is 0 Å². The SMILES string of the molecule is Cc1nc(Nc2ccc(Br)cc2)cc(NC2CC2)n1. The summed E-state index contributed by atoms with van der Waals surface area (Å²) in [7, 11) is 0. The van der Waals surface area contributed by atoms with Crippen molar-refractivity contribution in [2.24, 2.45) is 0 Å². The van der Waals surface area contributed by atoms with Crippen LogP contribution in [-0.2, 0) is 0 Å². The molecule has 2 N–H and O–H groups in total. The van der Waals surface area contributed by atoms with Crippen molar-refractivity contribution in [3.63, 3.8) is 0 Å². The van der Waals surface area contributed by atoms with E-state index in [4.69, 9.17) is 0 Å². The molecule has 0 aliphatic heterocycles. The van der Waals surface area contributed by atoms with Gasteiger partial charge in [-0.15, -0.1) is 0 Å². The maximum atomic E-state index is 4.41. The van der Waals surface area contributed by atoms with E-state index in [1.165, 1.54) is 12.8 Å². The summed E-state index contributed by atoms with van der Waals surface area (Å²) in [5.41, 5.74) is 1.01. The summed E-state index contributed by atoms with van der Waals surface area (Å²) in [6.45, 7) is 1.91. The highest BCUT2D eigenvalue weighted by Crippen LogP contribution is 2.25. The molecule has 4 nitrogen and oxygen atoms in total. The molecule has 5 heteroatoms. The van der Waals surface area contributed by atoms with Gasteiger partial charge in [0.1, 0.15) is 17.5 Å². The third-order valence-electron chi connectivity index (χ3n) is 2.88. The van der Waals surface area contributed by atoms with Crippen molar-refractivity contribution in [1.29, 1.82) is 0 Å². The van der Waals surface area contributed by atoms with E-state index in [9.17, 15) is 0 Å². The Bertz CT molecular complexity index is 578. The zero-order chi connectivity index (χ0) is 13.2. The summed E-state index contributed by atoms with van der Waals surface area (Å²) in [6.07, 6.45) is 2.47. The molecule has 0 unspecified atom stereocenters. The van der Waals surface area contributed by atoms with Gasteiger partial charge in [-0.3, -0.25) is 0 Å². The van der Waals surface area contributed by atoms with Crippen molar-refractivity contribution in [1.82, 2.24) is 9.97 Å². The highest BCUT2D eigenvalue weighted by Gasteiger charge is 2.21. The lowest BCUT2D eigenvalue weighted by molar-refractivity contribution is 1.02. The predicted molar refractivity (Wildman–Crippen MR) is 80.8 cm³/mol. The van der Waals surface area contributed by atoms with Gasteiger partial charge in [-0.05, 0) is 44.0 Å². The van der Waals surface area contributed by atoms with Crippen LogP contribution in [0.25, 0.3) is 0 Å². The molecule has 1 aromatic heterocycles. The quantitative estimate of drug-likeness (QED) is 0.898. The molecule has 3 rings (SSSR count). The Labute approximate surface area is 120 Å². The Morgan fingerprint density at radius 1 is 1.11 bits per heavy atom. The van der Waals surface area contributed by atoms with E-state index in [0.29, 0.717) is 6.04 Å². The molecule has 19 heavy (non-hydrogen) atoms. The Balaban J connectivity index is 1.79. The monoisotopic (exact) mass is 318 g/mol. The molecule has 0 radical (unpaired) electrons. The van der Waals surface area contributed by atoms with Gasteiger partial charge in [0.15, 0.2) is 0 Å². The molecule has 1 aliphatic rings. The van der Waals surface area contributed by atoms with Gasteiger partial charge in [-0.1, -0.05) is 15.9 Å². The number of hydrogen-bond acceptors (Lipinski definition) is 4. The second-order valence-corrected chi connectivity index (χ2v) is 5.65. The van der Waals surface area contributed by atoms with Gasteiger partial charge in [-0.25, -0.2) is 9.97 Å². The lowest BCUT2D eigenvalue weighted by Crippen LogP contribution is -2.06. The number of halogens is 1. The molecule has 1 saturated carbocycles. The molecule has 98 valence electrons. The minimum absolute atomic E-state index is 0.592. The minimum atomic E-state index is 0.592. The average Bonchev–Trinajstić information content (AvgIpc) is 3.15. The summed E-state index contributed by atoms with van der Waals surface area (Å²) >= 11 is 3.42. The van der Waals surface area contributed by atoms with Crippen molar-refractivity contribution >= 4 is 33.3 Å². The Hall–Kier alpha value is -1.62. The molecule has 0 spiro atoms. The van der Waals surface area contributed by atoms with Gasteiger partial charge >= 0.3 is 0 Å². The zero-order valence-electron chi connectivity index (χ0n) is 10.7. The molecular weight excluding hydrogens is 304 g/mol. The van der Waals surface area contributed by atoms with Gasteiger partial charge in [0.25, 0.3) is 0 Å². The van der Waals surface area contributed by atoms with Gasteiger partial charge in [0.05, 0.1) is 0 Å². The summed E-state index contributed by atoms with van der Waals surface area (Å²) in [5, 5.41) is 6.69. The van der Waals surface area contributed by atoms with E-state index in [2.05, 4.69) is 36.5 Å². The number of benzene rings is 1. The van der Waals surface area contributed by atoms with E-state index < -0.39 is 0 Å². The minimum Gasteiger partial charge on any atom is -0.367 e. The Kier molecular flexibility index (Phi) is 3.38. The van der Waals surface area contributed by atoms with Gasteiger partial charge < -0.3 is 10.6 Å². The van der Waals surface area contributed by atoms with Crippen molar-refractivity contribution in [2.45, 2.75) is 25.8 Å². The summed E-state index contributed by atoms with van der Waals surface area (Å²) in [6, 6.07) is 10.6. The molecule has 2 aromatic rings. The molecule has 0 amide bonds. The third-order valence-corrected chi connectivity index (χ3v) is 3.41. The smallest absolute Gasteiger partial charge is 0.136 e. The average molecular weight is 319 g/mol. The number of aromatic nitrogens is 2. The maximum Gasteiger partial charge on any atom is 0.136 e. The third kappa shape index (κ3) is 3.44. The molecule has 1 aliphatic carbocycles. The van der Waals surface area contributed by atoms with Gasteiger partial charge in [0.2, 0.25) is 0 Å². The molecular formula is C14H15BrN4. The van der Waals surface area contributed by atoms with E-state index in [1.807, 2.05) is 37.3 Å². The zero-order valence-corrected chi connectivity index (χ0v) is 12.2. The standard InChI is InChI=1S/C14H15BrN4/c1-9-16-13(8-14(17-9)19-12-6-7-12)18-11-4-2-10(15)3-5-11/h2-5,8,12H,6-7H2,1H3,(H2,16,17,18,19). The fourth-order valence-electron chi connectivity index (χ4n) is 1.82. The number of aryl methyl sites for hydroxylation is 1. The van der Waals surface area contributed by atoms with Crippen molar-refractivity contribution < 1.29 is 0 Å². The second-order valence-electron chi connectivity index (χ2n) is 4.74. The van der Waals surface area contributed by atoms with E-state index in [0.717, 1.165) is 27.6 Å². The highest BCUT2D eigenvalue weighted by atomic mass is 79.9. The highest BCUT2D eigenvalue weighted by molar-refractivity contribution is 9.10. The Morgan fingerprint density at radius 3 is 2.47 bits per heavy atom. The van der Waals surface area contributed by atoms with Crippen LogP contribution < -0.4 is 10.6 Å². The first-order valence-corrected chi connectivity index (χ1v) is 7.13. The second kappa shape index (κ2) is 5.17. The van der Waals surface area contributed by atoms with Crippen LogP contribution in [0.5, 0.6) is 0 Å². The topological polar surface area (TPSA) is 49.8 Å². The number of anilines is 3. The lowest BCUT2D eigenvalue weighted by atomic mass is 10.3. The van der Waals surface area contributed by atoms with Crippen molar-refractivity contribution in [3.8, 4) is 0 Å². The number of nitrogens with one attached hydrogen (secondary N) is 2. The summed E-state index contributed by atoms with van der Waals surface area (Å²) in [5.74, 6) is 2.48. The first-order chi connectivity index (χ1) is 9.19. The summed E-state index contributed by atoms with van der Waals surface area (Å²) in [4.78, 5) is 8.81. The van der Waals surface area contributed by atoms with Crippen LogP contribution in [-0.4, -0.2) is 16.0 Å². The number of hydrogen-bond donors (Lipinski definition) is 2. The number of nitrogens with zero attached hydrogens (tertiary/aromatic N) is 2. The molecule has 1 aromatic carbocycles. The molecule has 0 atom stereocenters. The van der Waals surface area contributed by atoms with Crippen LogP contribution in [0.3, 0.4) is 0 Å². The van der Waals surface area contributed by atoms with E-state index >= 15 is 0 Å². The molecule has 1 heterocycles. The van der Waals surface area contributed by atoms with Gasteiger partial charge in [-0.2, -0.15) is 0 Å². The van der Waals surface area contributed by atoms with Crippen molar-refractivity contribution in [2.75, 3.05) is 10.6 Å². The fourth-order valence-corrected chi connectivity index (χ4v) is 2.09. The predicted octanol–water partition coefficient (Wildman–Crippen LogP) is 3.87. The van der Waals surface area contributed by atoms with Crippen LogP contribution in [0.1, 0.15) is 18.7 Å². The molecule has 1 fully saturated rings. The van der Waals surface area contributed by atoms with E-state index in [-0.39, 0.29) is 0 Å². The summed E-state index contributed by atoms with van der Waals surface area (Å²) < 4.78 is 1.06. The largest absolute Gasteiger partial charge is 0.367 e. The van der Waals surface area contributed by atoms with E-state index in [1.54, 1.807) is 0 Å².